The van der Waals surface area contributed by atoms with Crippen molar-refractivity contribution in [3.05, 3.63) is 41.6 Å². The molecule has 0 aliphatic heterocycles. The van der Waals surface area contributed by atoms with E-state index in [1.54, 1.807) is 16.8 Å². The highest BCUT2D eigenvalue weighted by Crippen LogP contribution is 2.22. The number of anilines is 1. The number of hydrogen-bond donors (Lipinski definition) is 1. The second-order valence-corrected chi connectivity index (χ2v) is 5.87. The van der Waals surface area contributed by atoms with Gasteiger partial charge in [-0.25, -0.2) is 4.68 Å². The van der Waals surface area contributed by atoms with Crippen molar-refractivity contribution in [1.82, 2.24) is 9.78 Å². The summed E-state index contributed by atoms with van der Waals surface area (Å²) >= 11 is 0. The van der Waals surface area contributed by atoms with Gasteiger partial charge in [-0.3, -0.25) is 0 Å². The zero-order valence-corrected chi connectivity index (χ0v) is 11.5. The molecule has 0 aliphatic rings. The van der Waals surface area contributed by atoms with Gasteiger partial charge in [0.2, 0.25) is 0 Å². The quantitative estimate of drug-likeness (QED) is 0.896. The Labute approximate surface area is 113 Å². The summed E-state index contributed by atoms with van der Waals surface area (Å²) in [6.45, 7) is 6.50. The van der Waals surface area contributed by atoms with E-state index in [-0.39, 0.29) is 5.41 Å². The molecule has 0 saturated carbocycles. The molecule has 0 atom stereocenters. The lowest BCUT2D eigenvalue weighted by Gasteiger charge is -2.15. The molecule has 2 N–H and O–H groups in total. The maximum absolute atomic E-state index is 8.93. The number of rotatable bonds is 2. The third-order valence-corrected chi connectivity index (χ3v) is 2.72. The largest absolute Gasteiger partial charge is 0.384 e. The van der Waals surface area contributed by atoms with Crippen LogP contribution in [0.1, 0.15) is 32.0 Å². The molecule has 1 heterocycles. The van der Waals surface area contributed by atoms with Crippen LogP contribution < -0.4 is 5.73 Å². The monoisotopic (exact) mass is 254 g/mol. The lowest BCUT2D eigenvalue weighted by Crippen LogP contribution is -2.10. The molecule has 0 amide bonds. The van der Waals surface area contributed by atoms with Gasteiger partial charge in [0.25, 0.3) is 0 Å². The van der Waals surface area contributed by atoms with Crippen molar-refractivity contribution in [2.45, 2.75) is 27.2 Å². The fourth-order valence-electron chi connectivity index (χ4n) is 1.99. The van der Waals surface area contributed by atoms with Crippen molar-refractivity contribution in [3.63, 3.8) is 0 Å². The number of nitrogen functional groups attached to an aromatic ring is 1. The van der Waals surface area contributed by atoms with Crippen LogP contribution in [-0.2, 0) is 6.42 Å². The predicted octanol–water partition coefficient (Wildman–Crippen LogP) is 2.91. The number of nitrogens with two attached hydrogens (primary N) is 1. The molecule has 1 aromatic carbocycles. The van der Waals surface area contributed by atoms with Gasteiger partial charge in [-0.05, 0) is 30.0 Å². The van der Waals surface area contributed by atoms with Crippen LogP contribution in [0.15, 0.2) is 30.3 Å². The van der Waals surface area contributed by atoms with Crippen molar-refractivity contribution in [1.29, 1.82) is 5.26 Å². The van der Waals surface area contributed by atoms with Gasteiger partial charge < -0.3 is 5.73 Å². The number of nitriles is 1. The molecule has 1 aromatic heterocycles. The van der Waals surface area contributed by atoms with E-state index < -0.39 is 0 Å². The second-order valence-electron chi connectivity index (χ2n) is 5.87. The Morgan fingerprint density at radius 2 is 2.05 bits per heavy atom. The van der Waals surface area contributed by atoms with Gasteiger partial charge >= 0.3 is 0 Å². The predicted molar refractivity (Wildman–Crippen MR) is 75.9 cm³/mol. The smallest absolute Gasteiger partial charge is 0.127 e. The molecular weight excluding hydrogens is 236 g/mol. The Bertz CT molecular complexity index is 626. The third-order valence-electron chi connectivity index (χ3n) is 2.72. The first kappa shape index (κ1) is 13.2. The van der Waals surface area contributed by atoms with Crippen LogP contribution in [0.25, 0.3) is 5.69 Å². The van der Waals surface area contributed by atoms with Gasteiger partial charge in [0.1, 0.15) is 5.82 Å². The Kier molecular flexibility index (Phi) is 3.30. The molecule has 0 fully saturated rings. The average Bonchev–Trinajstić information content (AvgIpc) is 2.68. The zero-order valence-electron chi connectivity index (χ0n) is 11.5. The zero-order chi connectivity index (χ0) is 14.0. The Morgan fingerprint density at radius 1 is 1.32 bits per heavy atom. The topological polar surface area (TPSA) is 67.6 Å². The van der Waals surface area contributed by atoms with Gasteiger partial charge in [0.15, 0.2) is 0 Å². The van der Waals surface area contributed by atoms with E-state index in [2.05, 4.69) is 31.9 Å². The molecule has 0 saturated heterocycles. The first-order valence-corrected chi connectivity index (χ1v) is 6.24. The van der Waals surface area contributed by atoms with E-state index >= 15 is 0 Å². The van der Waals surface area contributed by atoms with Crippen molar-refractivity contribution in [2.24, 2.45) is 5.41 Å². The van der Waals surface area contributed by atoms with Crippen LogP contribution in [0.5, 0.6) is 0 Å². The van der Waals surface area contributed by atoms with Crippen LogP contribution in [0.3, 0.4) is 0 Å². The lowest BCUT2D eigenvalue weighted by atomic mass is 9.91. The number of nitrogens with zero attached hydrogens (tertiary/aromatic N) is 3. The standard InChI is InChI=1S/C15H18N4/c1-15(2,3)9-12-8-14(17)19(18-12)13-6-4-5-11(7-13)10-16/h4-8H,9,17H2,1-3H3. The van der Waals surface area contributed by atoms with Crippen molar-refractivity contribution >= 4 is 5.82 Å². The SMILES string of the molecule is CC(C)(C)Cc1cc(N)n(-c2cccc(C#N)c2)n1. The number of benzene rings is 1. The summed E-state index contributed by atoms with van der Waals surface area (Å²) in [5.41, 5.74) is 8.55. The van der Waals surface area contributed by atoms with Crippen molar-refractivity contribution < 1.29 is 0 Å². The van der Waals surface area contributed by atoms with E-state index in [0.29, 0.717) is 11.4 Å². The molecule has 19 heavy (non-hydrogen) atoms. The van der Waals surface area contributed by atoms with Gasteiger partial charge in [-0.2, -0.15) is 10.4 Å². The Morgan fingerprint density at radius 3 is 2.68 bits per heavy atom. The van der Waals surface area contributed by atoms with Crippen molar-refractivity contribution in [2.75, 3.05) is 5.73 Å². The molecule has 0 unspecified atom stereocenters. The highest BCUT2D eigenvalue weighted by molar-refractivity contribution is 5.46. The summed E-state index contributed by atoms with van der Waals surface area (Å²) in [6.07, 6.45) is 0.863. The highest BCUT2D eigenvalue weighted by Gasteiger charge is 2.15. The summed E-state index contributed by atoms with van der Waals surface area (Å²) in [5.74, 6) is 0.592. The second kappa shape index (κ2) is 4.77. The van der Waals surface area contributed by atoms with Gasteiger partial charge in [0, 0.05) is 6.07 Å². The fourth-order valence-corrected chi connectivity index (χ4v) is 1.99. The minimum atomic E-state index is 0.167. The molecule has 2 aromatic rings. The molecule has 0 bridgehead atoms. The van der Waals surface area contributed by atoms with E-state index in [9.17, 15) is 0 Å². The fraction of sp³-hybridized carbons (Fsp3) is 0.333. The average molecular weight is 254 g/mol. The van der Waals surface area contributed by atoms with Gasteiger partial charge in [0.05, 0.1) is 23.0 Å². The summed E-state index contributed by atoms with van der Waals surface area (Å²) in [6, 6.07) is 11.3. The van der Waals surface area contributed by atoms with Gasteiger partial charge in [-0.1, -0.05) is 26.8 Å². The van der Waals surface area contributed by atoms with Gasteiger partial charge in [-0.15, -0.1) is 0 Å². The van der Waals surface area contributed by atoms with Crippen molar-refractivity contribution in [3.8, 4) is 11.8 Å². The molecule has 0 spiro atoms. The van der Waals surface area contributed by atoms with E-state index in [1.807, 2.05) is 18.2 Å². The summed E-state index contributed by atoms with van der Waals surface area (Å²) in [5, 5.41) is 13.4. The van der Waals surface area contributed by atoms with Crippen LogP contribution >= 0.6 is 0 Å². The summed E-state index contributed by atoms with van der Waals surface area (Å²) in [7, 11) is 0. The third kappa shape index (κ3) is 3.14. The summed E-state index contributed by atoms with van der Waals surface area (Å²) < 4.78 is 1.68. The molecule has 0 radical (unpaired) electrons. The minimum absolute atomic E-state index is 0.167. The first-order chi connectivity index (χ1) is 8.89. The van der Waals surface area contributed by atoms with Crippen LogP contribution in [0.4, 0.5) is 5.82 Å². The molecule has 0 aliphatic carbocycles. The van der Waals surface area contributed by atoms with E-state index in [0.717, 1.165) is 17.8 Å². The normalized spacial score (nSPS) is 11.3. The molecule has 98 valence electrons. The maximum Gasteiger partial charge on any atom is 0.127 e. The Balaban J connectivity index is 2.38. The number of aromatic nitrogens is 2. The number of hydrogen-bond acceptors (Lipinski definition) is 3. The first-order valence-electron chi connectivity index (χ1n) is 6.24. The molecule has 4 nitrogen and oxygen atoms in total. The molecular formula is C15H18N4. The minimum Gasteiger partial charge on any atom is -0.384 e. The van der Waals surface area contributed by atoms with Crippen LogP contribution in [0.2, 0.25) is 0 Å². The summed E-state index contributed by atoms with van der Waals surface area (Å²) in [4.78, 5) is 0. The highest BCUT2D eigenvalue weighted by atomic mass is 15.3. The van der Waals surface area contributed by atoms with E-state index in [1.165, 1.54) is 0 Å². The van der Waals surface area contributed by atoms with Crippen LogP contribution in [-0.4, -0.2) is 9.78 Å². The maximum atomic E-state index is 8.93. The molecule has 4 heteroatoms. The Hall–Kier alpha value is -2.28. The lowest BCUT2D eigenvalue weighted by molar-refractivity contribution is 0.405. The van der Waals surface area contributed by atoms with Crippen LogP contribution in [0, 0.1) is 16.7 Å². The van der Waals surface area contributed by atoms with E-state index in [4.69, 9.17) is 11.0 Å². The molecule has 2 rings (SSSR count).